The predicted octanol–water partition coefficient (Wildman–Crippen LogP) is 0.701. The van der Waals surface area contributed by atoms with E-state index in [-0.39, 0.29) is 36.4 Å². The summed E-state index contributed by atoms with van der Waals surface area (Å²) in [6.45, 7) is 12.9. The first kappa shape index (κ1) is 16.0. The number of carbonyl (C=O) groups is 2. The molecule has 1 unspecified atom stereocenters. The van der Waals surface area contributed by atoms with Gasteiger partial charge >= 0.3 is 0 Å². The van der Waals surface area contributed by atoms with Gasteiger partial charge in [0.15, 0.2) is 0 Å². The molecule has 0 aromatic carbocycles. The molecular weight excluding hydrogens is 242 g/mol. The largest absolute Gasteiger partial charge is 0.332 e. The number of piperazine rings is 1. The topological polar surface area (TPSA) is 52.7 Å². The van der Waals surface area contributed by atoms with Crippen LogP contribution in [0.5, 0.6) is 0 Å². The Kier molecular flexibility index (Phi) is 5.35. The molecule has 1 heterocycles. The second-order valence-corrected chi connectivity index (χ2v) is 6.16. The third-order valence-electron chi connectivity index (χ3n) is 3.64. The summed E-state index contributed by atoms with van der Waals surface area (Å²) in [4.78, 5) is 27.3. The first-order valence-corrected chi connectivity index (χ1v) is 7.08. The molecule has 5 nitrogen and oxygen atoms in total. The van der Waals surface area contributed by atoms with Gasteiger partial charge in [-0.1, -0.05) is 27.7 Å². The Balaban J connectivity index is 2.70. The van der Waals surface area contributed by atoms with Crippen molar-refractivity contribution in [2.45, 2.75) is 40.7 Å². The highest BCUT2D eigenvalue weighted by Gasteiger charge is 2.33. The Morgan fingerprint density at radius 1 is 1.11 bits per heavy atom. The second-order valence-electron chi connectivity index (χ2n) is 6.16. The van der Waals surface area contributed by atoms with E-state index in [1.807, 2.05) is 6.92 Å². The summed E-state index contributed by atoms with van der Waals surface area (Å²) in [7, 11) is 0. The van der Waals surface area contributed by atoms with Crippen molar-refractivity contribution >= 4 is 11.8 Å². The van der Waals surface area contributed by atoms with Gasteiger partial charge in [-0.25, -0.2) is 0 Å². The van der Waals surface area contributed by atoms with Gasteiger partial charge in [-0.3, -0.25) is 9.59 Å². The normalized spacial score (nSPS) is 19.0. The van der Waals surface area contributed by atoms with Crippen LogP contribution in [-0.4, -0.2) is 60.4 Å². The van der Waals surface area contributed by atoms with Crippen molar-refractivity contribution < 1.29 is 9.59 Å². The van der Waals surface area contributed by atoms with Gasteiger partial charge in [0.2, 0.25) is 11.8 Å². The molecule has 0 saturated carbocycles. The number of rotatable bonds is 5. The highest BCUT2D eigenvalue weighted by Crippen LogP contribution is 2.21. The molecule has 2 amide bonds. The lowest BCUT2D eigenvalue weighted by atomic mass is 9.86. The number of hydrogen-bond acceptors (Lipinski definition) is 3. The highest BCUT2D eigenvalue weighted by molar-refractivity contribution is 5.92. The first-order valence-electron chi connectivity index (χ1n) is 7.08. The summed E-state index contributed by atoms with van der Waals surface area (Å²) >= 11 is 0. The lowest BCUT2D eigenvalue weighted by Gasteiger charge is -2.39. The van der Waals surface area contributed by atoms with E-state index in [9.17, 15) is 9.59 Å². The molecule has 1 fully saturated rings. The number of likely N-dealkylation sites (N-methyl/N-ethyl adjacent to an activating group) is 2. The highest BCUT2D eigenvalue weighted by atomic mass is 16.2. The van der Waals surface area contributed by atoms with Gasteiger partial charge < -0.3 is 15.1 Å². The Labute approximate surface area is 116 Å². The quantitative estimate of drug-likeness (QED) is 0.799. The van der Waals surface area contributed by atoms with E-state index in [0.717, 1.165) is 6.54 Å². The maximum absolute atomic E-state index is 12.1. The van der Waals surface area contributed by atoms with E-state index in [4.69, 9.17) is 0 Å². The maximum Gasteiger partial charge on any atom is 0.242 e. The van der Waals surface area contributed by atoms with Crippen molar-refractivity contribution in [1.29, 1.82) is 0 Å². The van der Waals surface area contributed by atoms with Gasteiger partial charge in [-0.2, -0.15) is 0 Å². The van der Waals surface area contributed by atoms with Crippen LogP contribution in [0.3, 0.4) is 0 Å². The van der Waals surface area contributed by atoms with Crippen LogP contribution in [0.4, 0.5) is 0 Å². The van der Waals surface area contributed by atoms with Crippen molar-refractivity contribution in [1.82, 2.24) is 15.1 Å². The van der Waals surface area contributed by atoms with Crippen molar-refractivity contribution in [2.24, 2.45) is 5.41 Å². The molecule has 1 aliphatic heterocycles. The molecule has 0 spiro atoms. The molecule has 110 valence electrons. The van der Waals surface area contributed by atoms with Gasteiger partial charge in [0.1, 0.15) is 0 Å². The number of nitrogens with one attached hydrogen (secondary N) is 1. The van der Waals surface area contributed by atoms with Gasteiger partial charge in [0, 0.05) is 19.1 Å². The Hall–Kier alpha value is -1.10. The zero-order valence-corrected chi connectivity index (χ0v) is 12.8. The number of nitrogens with zero attached hydrogens (tertiary/aromatic N) is 2. The van der Waals surface area contributed by atoms with Crippen LogP contribution in [0.2, 0.25) is 0 Å². The van der Waals surface area contributed by atoms with E-state index in [0.29, 0.717) is 13.1 Å². The number of carbonyl (C=O) groups excluding carboxylic acids is 2. The minimum absolute atomic E-state index is 0.0475. The van der Waals surface area contributed by atoms with E-state index in [2.05, 4.69) is 33.0 Å². The van der Waals surface area contributed by atoms with Gasteiger partial charge in [0.25, 0.3) is 0 Å². The Morgan fingerprint density at radius 3 is 2.11 bits per heavy atom. The standard InChI is InChI=1S/C14H27N3O2/c1-6-15-11(14(3,4)5)8-17-10-12(18)16(7-2)9-13(17)19/h11,15H,6-10H2,1-5H3. The fraction of sp³-hybridized carbons (Fsp3) is 0.857. The van der Waals surface area contributed by atoms with Crippen LogP contribution in [0.25, 0.3) is 0 Å². The smallest absolute Gasteiger partial charge is 0.242 e. The lowest BCUT2D eigenvalue weighted by Crippen LogP contribution is -2.58. The number of amides is 2. The maximum atomic E-state index is 12.1. The van der Waals surface area contributed by atoms with Crippen LogP contribution >= 0.6 is 0 Å². The average Bonchev–Trinajstić information content (AvgIpc) is 2.31. The summed E-state index contributed by atoms with van der Waals surface area (Å²) in [6, 6.07) is 0.197. The van der Waals surface area contributed by atoms with E-state index < -0.39 is 0 Å². The average molecular weight is 269 g/mol. The molecule has 1 aliphatic rings. The van der Waals surface area contributed by atoms with Crippen molar-refractivity contribution in [2.75, 3.05) is 32.7 Å². The first-order chi connectivity index (χ1) is 8.79. The Morgan fingerprint density at radius 2 is 1.63 bits per heavy atom. The molecule has 0 bridgehead atoms. The van der Waals surface area contributed by atoms with Gasteiger partial charge in [-0.15, -0.1) is 0 Å². The van der Waals surface area contributed by atoms with Gasteiger partial charge in [-0.05, 0) is 18.9 Å². The zero-order valence-electron chi connectivity index (χ0n) is 12.8. The molecule has 0 aromatic rings. The minimum Gasteiger partial charge on any atom is -0.332 e. The van der Waals surface area contributed by atoms with Crippen LogP contribution in [0.15, 0.2) is 0 Å². The molecule has 0 radical (unpaired) electrons. The molecule has 1 rings (SSSR count). The molecular formula is C14H27N3O2. The van der Waals surface area contributed by atoms with Crippen molar-refractivity contribution in [3.63, 3.8) is 0 Å². The third kappa shape index (κ3) is 4.20. The van der Waals surface area contributed by atoms with Crippen LogP contribution in [-0.2, 0) is 9.59 Å². The monoisotopic (exact) mass is 269 g/mol. The molecule has 0 aromatic heterocycles. The molecule has 0 aliphatic carbocycles. The van der Waals surface area contributed by atoms with Crippen molar-refractivity contribution in [3.8, 4) is 0 Å². The third-order valence-corrected chi connectivity index (χ3v) is 3.64. The van der Waals surface area contributed by atoms with E-state index >= 15 is 0 Å². The summed E-state index contributed by atoms with van der Waals surface area (Å²) in [5.41, 5.74) is 0.0568. The molecule has 1 saturated heterocycles. The summed E-state index contributed by atoms with van der Waals surface area (Å²) in [6.07, 6.45) is 0. The van der Waals surface area contributed by atoms with Crippen LogP contribution in [0.1, 0.15) is 34.6 Å². The summed E-state index contributed by atoms with van der Waals surface area (Å²) in [5, 5.41) is 3.41. The second kappa shape index (κ2) is 6.37. The number of hydrogen-bond donors (Lipinski definition) is 1. The summed E-state index contributed by atoms with van der Waals surface area (Å²) < 4.78 is 0. The summed E-state index contributed by atoms with van der Waals surface area (Å²) in [5.74, 6) is 0.0971. The van der Waals surface area contributed by atoms with Crippen LogP contribution in [0, 0.1) is 5.41 Å². The molecule has 1 N–H and O–H groups in total. The Bertz CT molecular complexity index is 336. The van der Waals surface area contributed by atoms with E-state index in [1.165, 1.54) is 0 Å². The van der Waals surface area contributed by atoms with E-state index in [1.54, 1.807) is 9.80 Å². The fourth-order valence-electron chi connectivity index (χ4n) is 2.27. The minimum atomic E-state index is 0.0475. The lowest BCUT2D eigenvalue weighted by molar-refractivity contribution is -0.150. The van der Waals surface area contributed by atoms with Gasteiger partial charge in [0.05, 0.1) is 13.1 Å². The zero-order chi connectivity index (χ0) is 14.6. The van der Waals surface area contributed by atoms with Crippen LogP contribution < -0.4 is 5.32 Å². The molecule has 19 heavy (non-hydrogen) atoms. The SMILES string of the molecule is CCNC(CN1CC(=O)N(CC)CC1=O)C(C)(C)C. The fourth-order valence-corrected chi connectivity index (χ4v) is 2.27. The predicted molar refractivity (Wildman–Crippen MR) is 75.8 cm³/mol. The van der Waals surface area contributed by atoms with Crippen molar-refractivity contribution in [3.05, 3.63) is 0 Å². The molecule has 5 heteroatoms. The molecule has 1 atom stereocenters.